The highest BCUT2D eigenvalue weighted by Gasteiger charge is 2.39. The van der Waals surface area contributed by atoms with Crippen molar-refractivity contribution in [1.29, 1.82) is 0 Å². The Morgan fingerprint density at radius 3 is 2.54 bits per heavy atom. The fourth-order valence-corrected chi connectivity index (χ4v) is 3.53. The minimum atomic E-state index is -0.754. The molecule has 0 radical (unpaired) electrons. The molecule has 0 aromatic rings. The monoisotopic (exact) mass is 342 g/mol. The molecule has 5 nitrogen and oxygen atoms in total. The van der Waals surface area contributed by atoms with Gasteiger partial charge in [0.2, 0.25) is 0 Å². The Balaban J connectivity index is 2.38. The topological polar surface area (TPSA) is 98.0 Å². The molecule has 0 aromatic carbocycles. The average molecular weight is 342 g/mol. The van der Waals surface area contributed by atoms with E-state index in [9.17, 15) is 20.1 Å². The lowest BCUT2D eigenvalue weighted by Crippen LogP contribution is -2.25. The van der Waals surface area contributed by atoms with Gasteiger partial charge in [-0.1, -0.05) is 51.2 Å². The lowest BCUT2D eigenvalue weighted by atomic mass is 9.88. The van der Waals surface area contributed by atoms with Crippen LogP contribution in [0.15, 0.2) is 12.2 Å². The minimum Gasteiger partial charge on any atom is -0.481 e. The summed E-state index contributed by atoms with van der Waals surface area (Å²) >= 11 is 0. The van der Waals surface area contributed by atoms with E-state index in [0.717, 1.165) is 44.9 Å². The molecule has 0 bridgehead atoms. The molecular weight excluding hydrogens is 308 g/mol. The van der Waals surface area contributed by atoms with Crippen LogP contribution in [0.4, 0.5) is 0 Å². The maximum Gasteiger partial charge on any atom is 0.303 e. The highest BCUT2D eigenvalue weighted by atomic mass is 16.4. The summed E-state index contributed by atoms with van der Waals surface area (Å²) in [5.74, 6) is -0.629. The second kappa shape index (κ2) is 11.6. The van der Waals surface area contributed by atoms with Crippen LogP contribution in [0.5, 0.6) is 0 Å². The number of hydrogen-bond acceptors (Lipinski definition) is 4. The van der Waals surface area contributed by atoms with E-state index in [0.29, 0.717) is 12.8 Å². The average Bonchev–Trinajstić information content (AvgIpc) is 2.81. The van der Waals surface area contributed by atoms with Crippen LogP contribution in [0.25, 0.3) is 0 Å². The molecule has 140 valence electrons. The van der Waals surface area contributed by atoms with Crippen molar-refractivity contribution in [2.75, 3.05) is 0 Å². The second-order valence-corrected chi connectivity index (χ2v) is 7.06. The molecule has 1 saturated carbocycles. The number of aliphatic hydroxyl groups excluding tert-OH is 3. The van der Waals surface area contributed by atoms with Gasteiger partial charge in [0.15, 0.2) is 0 Å². The zero-order valence-electron chi connectivity index (χ0n) is 14.8. The summed E-state index contributed by atoms with van der Waals surface area (Å²) in [5, 5.41) is 38.6. The van der Waals surface area contributed by atoms with Crippen molar-refractivity contribution in [3.05, 3.63) is 12.2 Å². The molecule has 0 aromatic heterocycles. The number of carbonyl (C=O) groups is 1. The van der Waals surface area contributed by atoms with Gasteiger partial charge in [0.1, 0.15) is 0 Å². The molecule has 0 aliphatic heterocycles. The van der Waals surface area contributed by atoms with Gasteiger partial charge in [-0.05, 0) is 37.5 Å². The van der Waals surface area contributed by atoms with Gasteiger partial charge < -0.3 is 20.4 Å². The van der Waals surface area contributed by atoms with Crippen LogP contribution in [-0.2, 0) is 4.79 Å². The van der Waals surface area contributed by atoms with Crippen LogP contribution in [0.1, 0.15) is 71.1 Å². The Hall–Kier alpha value is -0.910. The molecule has 0 heterocycles. The van der Waals surface area contributed by atoms with Crippen LogP contribution in [-0.4, -0.2) is 44.7 Å². The summed E-state index contributed by atoms with van der Waals surface area (Å²) in [6.07, 6.45) is 9.76. The molecule has 1 fully saturated rings. The Labute approximate surface area is 145 Å². The van der Waals surface area contributed by atoms with E-state index in [-0.39, 0.29) is 18.3 Å². The van der Waals surface area contributed by atoms with E-state index in [1.165, 1.54) is 0 Å². The third kappa shape index (κ3) is 7.77. The SMILES string of the molecule is CCCCC(O)/C=C/C1CC(O)C(O)C1CCCCCCC(=O)O. The van der Waals surface area contributed by atoms with Crippen LogP contribution < -0.4 is 0 Å². The van der Waals surface area contributed by atoms with Gasteiger partial charge in [0, 0.05) is 6.42 Å². The molecule has 5 atom stereocenters. The number of unbranched alkanes of at least 4 members (excludes halogenated alkanes) is 4. The van der Waals surface area contributed by atoms with Crippen LogP contribution in [0.2, 0.25) is 0 Å². The molecule has 0 spiro atoms. The van der Waals surface area contributed by atoms with Crippen LogP contribution in [0.3, 0.4) is 0 Å². The summed E-state index contributed by atoms with van der Waals surface area (Å²) in [7, 11) is 0. The molecular formula is C19H34O5. The summed E-state index contributed by atoms with van der Waals surface area (Å²) < 4.78 is 0. The Bertz CT molecular complexity index is 382. The first-order chi connectivity index (χ1) is 11.5. The summed E-state index contributed by atoms with van der Waals surface area (Å²) in [5.41, 5.74) is 0. The lowest BCUT2D eigenvalue weighted by molar-refractivity contribution is -0.137. The fraction of sp³-hybridized carbons (Fsp3) is 0.842. The smallest absolute Gasteiger partial charge is 0.303 e. The highest BCUT2D eigenvalue weighted by Crippen LogP contribution is 2.37. The van der Waals surface area contributed by atoms with Gasteiger partial charge in [-0.15, -0.1) is 0 Å². The standard InChI is InChI=1S/C19H34O5/c1-2-3-8-15(20)12-11-14-13-17(21)19(24)16(14)9-6-4-5-7-10-18(22)23/h11-12,14-17,19-21,24H,2-10,13H2,1H3,(H,22,23)/b12-11+. The van der Waals surface area contributed by atoms with E-state index in [1.807, 2.05) is 12.2 Å². The van der Waals surface area contributed by atoms with E-state index in [2.05, 4.69) is 6.92 Å². The number of aliphatic hydroxyl groups is 3. The van der Waals surface area contributed by atoms with E-state index < -0.39 is 24.3 Å². The number of rotatable bonds is 12. The maximum atomic E-state index is 10.5. The molecule has 0 amide bonds. The summed E-state index contributed by atoms with van der Waals surface area (Å²) in [4.78, 5) is 10.5. The fourth-order valence-electron chi connectivity index (χ4n) is 3.53. The van der Waals surface area contributed by atoms with Gasteiger partial charge in [-0.2, -0.15) is 0 Å². The summed E-state index contributed by atoms with van der Waals surface area (Å²) in [6.45, 7) is 2.09. The molecule has 4 N–H and O–H groups in total. The van der Waals surface area contributed by atoms with Crippen LogP contribution in [0, 0.1) is 11.8 Å². The van der Waals surface area contributed by atoms with Gasteiger partial charge >= 0.3 is 5.97 Å². The molecule has 1 aliphatic rings. The van der Waals surface area contributed by atoms with Crippen molar-refractivity contribution >= 4 is 5.97 Å². The quantitative estimate of drug-likeness (QED) is 0.323. The third-order valence-electron chi connectivity index (χ3n) is 5.01. The van der Waals surface area contributed by atoms with Crippen molar-refractivity contribution in [2.24, 2.45) is 11.8 Å². The van der Waals surface area contributed by atoms with Crippen LogP contribution >= 0.6 is 0 Å². The number of carboxylic acid groups (broad SMARTS) is 1. The van der Waals surface area contributed by atoms with Gasteiger partial charge in [-0.3, -0.25) is 4.79 Å². The zero-order valence-corrected chi connectivity index (χ0v) is 14.8. The predicted octanol–water partition coefficient (Wildman–Crippen LogP) is 2.88. The zero-order chi connectivity index (χ0) is 17.9. The first-order valence-corrected chi connectivity index (χ1v) is 9.40. The molecule has 5 unspecified atom stereocenters. The Kier molecular flexibility index (Phi) is 10.2. The van der Waals surface area contributed by atoms with Gasteiger partial charge in [0.25, 0.3) is 0 Å². The Morgan fingerprint density at radius 2 is 1.88 bits per heavy atom. The Morgan fingerprint density at radius 1 is 1.17 bits per heavy atom. The first kappa shape index (κ1) is 21.1. The largest absolute Gasteiger partial charge is 0.481 e. The molecule has 1 rings (SSSR count). The molecule has 5 heteroatoms. The van der Waals surface area contributed by atoms with E-state index in [4.69, 9.17) is 5.11 Å². The number of hydrogen-bond donors (Lipinski definition) is 4. The molecule has 1 aliphatic carbocycles. The lowest BCUT2D eigenvalue weighted by Gasteiger charge is -2.20. The second-order valence-electron chi connectivity index (χ2n) is 7.06. The number of allylic oxidation sites excluding steroid dienone is 1. The van der Waals surface area contributed by atoms with Crippen molar-refractivity contribution in [2.45, 2.75) is 89.4 Å². The maximum absolute atomic E-state index is 10.5. The van der Waals surface area contributed by atoms with E-state index >= 15 is 0 Å². The molecule has 24 heavy (non-hydrogen) atoms. The third-order valence-corrected chi connectivity index (χ3v) is 5.01. The highest BCUT2D eigenvalue weighted by molar-refractivity contribution is 5.66. The van der Waals surface area contributed by atoms with Gasteiger partial charge in [0.05, 0.1) is 18.3 Å². The molecule has 0 saturated heterocycles. The van der Waals surface area contributed by atoms with E-state index in [1.54, 1.807) is 0 Å². The number of aliphatic carboxylic acids is 1. The number of carboxylic acids is 1. The van der Waals surface area contributed by atoms with Crippen molar-refractivity contribution in [3.63, 3.8) is 0 Å². The van der Waals surface area contributed by atoms with Crippen molar-refractivity contribution in [1.82, 2.24) is 0 Å². The minimum absolute atomic E-state index is 0.0223. The normalized spacial score (nSPS) is 28.5. The summed E-state index contributed by atoms with van der Waals surface area (Å²) in [6, 6.07) is 0. The predicted molar refractivity (Wildman–Crippen MR) is 93.6 cm³/mol. The first-order valence-electron chi connectivity index (χ1n) is 9.40. The van der Waals surface area contributed by atoms with Crippen molar-refractivity contribution < 1.29 is 25.2 Å². The van der Waals surface area contributed by atoms with Crippen molar-refractivity contribution in [3.8, 4) is 0 Å². The van der Waals surface area contributed by atoms with Gasteiger partial charge in [-0.25, -0.2) is 0 Å².